The van der Waals surface area contributed by atoms with E-state index in [2.05, 4.69) is 20.8 Å². The number of rotatable bonds is 5. The molecule has 0 heterocycles. The molecule has 2 heteroatoms. The third kappa shape index (κ3) is 3.04. The van der Waals surface area contributed by atoms with E-state index in [9.17, 15) is 4.79 Å². The molecule has 0 aromatic heterocycles. The molecule has 4 saturated carbocycles. The van der Waals surface area contributed by atoms with E-state index in [0.717, 1.165) is 42.8 Å². The number of Topliss-reactive ketones (excluding diaryl/α,β-unsaturated/α-hetero) is 1. The van der Waals surface area contributed by atoms with Crippen molar-refractivity contribution >= 4 is 5.78 Å². The molecule has 0 N–H and O–H groups in total. The Balaban J connectivity index is 1.55. The van der Waals surface area contributed by atoms with Crippen LogP contribution in [0.2, 0.25) is 0 Å². The normalized spacial score (nSPS) is 49.2. The lowest BCUT2D eigenvalue weighted by molar-refractivity contribution is -0.141. The molecule has 0 aromatic carbocycles. The Hall–Kier alpha value is -0.370. The molecule has 8 atom stereocenters. The van der Waals surface area contributed by atoms with Gasteiger partial charge in [-0.1, -0.05) is 13.8 Å². The minimum absolute atomic E-state index is 0.306. The molecule has 0 spiro atoms. The minimum atomic E-state index is 0.306. The van der Waals surface area contributed by atoms with E-state index in [1.165, 1.54) is 64.2 Å². The van der Waals surface area contributed by atoms with Gasteiger partial charge < -0.3 is 4.74 Å². The number of carbonyl (C=O) groups is 1. The van der Waals surface area contributed by atoms with Crippen molar-refractivity contribution < 1.29 is 9.53 Å². The zero-order chi connectivity index (χ0) is 19.2. The molecule has 8 unspecified atom stereocenters. The van der Waals surface area contributed by atoms with Crippen LogP contribution in [-0.2, 0) is 9.53 Å². The van der Waals surface area contributed by atoms with E-state index in [-0.39, 0.29) is 0 Å². The molecule has 0 amide bonds. The average molecular weight is 375 g/mol. The largest absolute Gasteiger partial charge is 0.381 e. The summed E-state index contributed by atoms with van der Waals surface area (Å²) >= 11 is 0. The molecule has 4 fully saturated rings. The predicted molar refractivity (Wildman–Crippen MR) is 110 cm³/mol. The SMILES string of the molecule is CCOCC1CCC2(CC)C(CCC3C4CCC(C(C)=O)C4(C)CCC32)C1. The van der Waals surface area contributed by atoms with Crippen LogP contribution < -0.4 is 0 Å². The van der Waals surface area contributed by atoms with Crippen LogP contribution in [0.4, 0.5) is 0 Å². The lowest BCUT2D eigenvalue weighted by Crippen LogP contribution is -2.55. The van der Waals surface area contributed by atoms with Crippen molar-refractivity contribution in [2.45, 2.75) is 91.9 Å². The van der Waals surface area contributed by atoms with Gasteiger partial charge in [-0.25, -0.2) is 0 Å². The highest BCUT2D eigenvalue weighted by Crippen LogP contribution is 2.68. The molecule has 154 valence electrons. The Kier molecular flexibility index (Phi) is 5.51. The Morgan fingerprint density at radius 3 is 2.52 bits per heavy atom. The van der Waals surface area contributed by atoms with Gasteiger partial charge in [-0.15, -0.1) is 0 Å². The standard InChI is InChI=1S/C25H42O2/c1-5-25-14-11-18(16-27-6-2)15-19(25)7-8-20-22-10-9-21(17(3)26)24(22,4)13-12-23(20)25/h18-23H,5-16H2,1-4H3. The monoisotopic (exact) mass is 374 g/mol. The second-order valence-corrected chi connectivity index (χ2v) is 10.8. The Morgan fingerprint density at radius 2 is 1.81 bits per heavy atom. The van der Waals surface area contributed by atoms with Crippen molar-refractivity contribution in [3.8, 4) is 0 Å². The molecule has 27 heavy (non-hydrogen) atoms. The molecule has 0 aromatic rings. The van der Waals surface area contributed by atoms with E-state index >= 15 is 0 Å². The van der Waals surface area contributed by atoms with Gasteiger partial charge in [0.05, 0.1) is 0 Å². The van der Waals surface area contributed by atoms with Gasteiger partial charge in [0.1, 0.15) is 5.78 Å². The maximum absolute atomic E-state index is 12.3. The Morgan fingerprint density at radius 1 is 1.00 bits per heavy atom. The molecule has 4 aliphatic rings. The lowest BCUT2D eigenvalue weighted by atomic mass is 9.43. The summed E-state index contributed by atoms with van der Waals surface area (Å²) in [6.07, 6.45) is 13.7. The van der Waals surface area contributed by atoms with Gasteiger partial charge in [0.15, 0.2) is 0 Å². The van der Waals surface area contributed by atoms with Crippen molar-refractivity contribution in [2.75, 3.05) is 13.2 Å². The summed E-state index contributed by atoms with van der Waals surface area (Å²) in [6, 6.07) is 0. The van der Waals surface area contributed by atoms with Crippen molar-refractivity contribution in [2.24, 2.45) is 46.3 Å². The van der Waals surface area contributed by atoms with Crippen molar-refractivity contribution in [1.82, 2.24) is 0 Å². The van der Waals surface area contributed by atoms with Gasteiger partial charge in [-0.3, -0.25) is 4.79 Å². The zero-order valence-corrected chi connectivity index (χ0v) is 18.3. The summed E-state index contributed by atoms with van der Waals surface area (Å²) in [7, 11) is 0. The fraction of sp³-hybridized carbons (Fsp3) is 0.960. The summed E-state index contributed by atoms with van der Waals surface area (Å²) in [4.78, 5) is 12.3. The number of fused-ring (bicyclic) bond motifs is 5. The maximum atomic E-state index is 12.3. The third-order valence-corrected chi connectivity index (χ3v) is 10.2. The van der Waals surface area contributed by atoms with Crippen LogP contribution in [0.3, 0.4) is 0 Å². The van der Waals surface area contributed by atoms with E-state index in [1.54, 1.807) is 0 Å². The number of hydrogen-bond acceptors (Lipinski definition) is 2. The van der Waals surface area contributed by atoms with Crippen LogP contribution in [-0.4, -0.2) is 19.0 Å². The predicted octanol–water partition coefficient (Wildman–Crippen LogP) is 6.28. The van der Waals surface area contributed by atoms with E-state index in [4.69, 9.17) is 4.74 Å². The first kappa shape index (κ1) is 19.9. The van der Waals surface area contributed by atoms with Crippen molar-refractivity contribution in [3.63, 3.8) is 0 Å². The van der Waals surface area contributed by atoms with E-state index < -0.39 is 0 Å². The number of hydrogen-bond donors (Lipinski definition) is 0. The van der Waals surface area contributed by atoms with Crippen LogP contribution in [0.5, 0.6) is 0 Å². The second kappa shape index (κ2) is 7.47. The molecule has 4 rings (SSSR count). The molecule has 0 radical (unpaired) electrons. The number of carbonyl (C=O) groups excluding carboxylic acids is 1. The maximum Gasteiger partial charge on any atom is 0.133 e. The minimum Gasteiger partial charge on any atom is -0.381 e. The average Bonchev–Trinajstić information content (AvgIpc) is 3.03. The molecule has 0 aliphatic heterocycles. The highest BCUT2D eigenvalue weighted by molar-refractivity contribution is 5.79. The fourth-order valence-electron chi connectivity index (χ4n) is 8.95. The van der Waals surface area contributed by atoms with Gasteiger partial charge in [0, 0.05) is 19.1 Å². The summed E-state index contributed by atoms with van der Waals surface area (Å²) in [5, 5.41) is 0. The van der Waals surface area contributed by atoms with Crippen LogP contribution in [0.15, 0.2) is 0 Å². The topological polar surface area (TPSA) is 26.3 Å². The summed E-state index contributed by atoms with van der Waals surface area (Å²) < 4.78 is 5.80. The molecule has 0 bridgehead atoms. The molecular formula is C25H42O2. The first-order valence-corrected chi connectivity index (χ1v) is 12.0. The Labute approximate surface area is 167 Å². The van der Waals surface area contributed by atoms with Gasteiger partial charge in [-0.05, 0) is 118 Å². The van der Waals surface area contributed by atoms with Crippen molar-refractivity contribution in [3.05, 3.63) is 0 Å². The smallest absolute Gasteiger partial charge is 0.133 e. The Bertz CT molecular complexity index is 557. The van der Waals surface area contributed by atoms with Crippen LogP contribution in [0, 0.1) is 46.3 Å². The quantitative estimate of drug-likeness (QED) is 0.566. The number of ketones is 1. The molecule has 0 saturated heterocycles. The number of ether oxygens (including phenoxy) is 1. The fourth-order valence-corrected chi connectivity index (χ4v) is 8.95. The highest BCUT2D eigenvalue weighted by atomic mass is 16.5. The van der Waals surface area contributed by atoms with Gasteiger partial charge >= 0.3 is 0 Å². The highest BCUT2D eigenvalue weighted by Gasteiger charge is 2.61. The van der Waals surface area contributed by atoms with E-state index in [0.29, 0.717) is 22.5 Å². The van der Waals surface area contributed by atoms with Crippen LogP contribution in [0.1, 0.15) is 91.9 Å². The summed E-state index contributed by atoms with van der Waals surface area (Å²) in [6.45, 7) is 10.8. The summed E-state index contributed by atoms with van der Waals surface area (Å²) in [5.41, 5.74) is 0.905. The molecule has 4 aliphatic carbocycles. The van der Waals surface area contributed by atoms with Crippen LogP contribution >= 0.6 is 0 Å². The third-order valence-electron chi connectivity index (χ3n) is 10.2. The zero-order valence-electron chi connectivity index (χ0n) is 18.3. The van der Waals surface area contributed by atoms with E-state index in [1.807, 2.05) is 6.92 Å². The van der Waals surface area contributed by atoms with Crippen molar-refractivity contribution in [1.29, 1.82) is 0 Å². The first-order chi connectivity index (χ1) is 13.0. The van der Waals surface area contributed by atoms with Gasteiger partial charge in [-0.2, -0.15) is 0 Å². The van der Waals surface area contributed by atoms with Gasteiger partial charge in [0.2, 0.25) is 0 Å². The van der Waals surface area contributed by atoms with Gasteiger partial charge in [0.25, 0.3) is 0 Å². The van der Waals surface area contributed by atoms with Crippen LogP contribution in [0.25, 0.3) is 0 Å². The molecular weight excluding hydrogens is 332 g/mol. The molecule has 2 nitrogen and oxygen atoms in total. The first-order valence-electron chi connectivity index (χ1n) is 12.0. The summed E-state index contributed by atoms with van der Waals surface area (Å²) in [5.74, 6) is 5.18. The lowest BCUT2D eigenvalue weighted by Gasteiger charge is -2.62. The second-order valence-electron chi connectivity index (χ2n) is 10.8.